The molecule has 0 aliphatic rings. The predicted octanol–water partition coefficient (Wildman–Crippen LogP) is -2.79. The quantitative estimate of drug-likeness (QED) is 0.0167. The van der Waals surface area contributed by atoms with Crippen LogP contribution in [0.5, 0.6) is 0 Å². The Labute approximate surface area is 484 Å². The van der Waals surface area contributed by atoms with Crippen LogP contribution in [0.25, 0.3) is 0 Å². The molecule has 0 heterocycles. The van der Waals surface area contributed by atoms with Crippen LogP contribution in [0.2, 0.25) is 0 Å². The third-order valence-corrected chi connectivity index (χ3v) is 13.2. The summed E-state index contributed by atoms with van der Waals surface area (Å²) in [6, 6.07) is -11.4. The first-order valence-electron chi connectivity index (χ1n) is 28.9. The lowest BCUT2D eigenvalue weighted by Gasteiger charge is -2.30. The van der Waals surface area contributed by atoms with Crippen molar-refractivity contribution in [2.75, 3.05) is 26.2 Å². The van der Waals surface area contributed by atoms with Crippen LogP contribution in [0, 0.1) is 29.6 Å². The first-order chi connectivity index (χ1) is 38.4. The van der Waals surface area contributed by atoms with E-state index in [-0.39, 0.29) is 107 Å². The van der Waals surface area contributed by atoms with Crippen LogP contribution in [0.1, 0.15) is 159 Å². The molecule has 0 spiro atoms. The van der Waals surface area contributed by atoms with Crippen molar-refractivity contribution in [3.63, 3.8) is 0 Å². The van der Waals surface area contributed by atoms with Crippen molar-refractivity contribution in [1.82, 2.24) is 47.9 Å². The van der Waals surface area contributed by atoms with Gasteiger partial charge < -0.3 is 88.0 Å². The number of nitrogens with zero attached hydrogens (tertiary/aromatic N) is 1. The van der Waals surface area contributed by atoms with E-state index in [1.54, 1.807) is 27.7 Å². The maximum Gasteiger partial charge on any atom is 0.243 e. The number of guanidine groups is 1. The van der Waals surface area contributed by atoms with Crippen LogP contribution in [-0.2, 0) is 52.7 Å². The van der Waals surface area contributed by atoms with Crippen molar-refractivity contribution < 1.29 is 52.7 Å². The van der Waals surface area contributed by atoms with Crippen molar-refractivity contribution in [2.24, 2.45) is 74.7 Å². The number of carbonyl (C=O) groups is 11. The smallest absolute Gasteiger partial charge is 0.243 e. The Kier molecular flexibility index (Phi) is 37.2. The van der Waals surface area contributed by atoms with E-state index in [2.05, 4.69) is 52.8 Å². The number of amides is 11. The lowest BCUT2D eigenvalue weighted by atomic mass is 9.96. The van der Waals surface area contributed by atoms with Crippen LogP contribution in [0.15, 0.2) is 4.99 Å². The second-order valence-electron chi connectivity index (χ2n) is 22.7. The maximum atomic E-state index is 14.5. The molecule has 0 aliphatic heterocycles. The number of primary amides is 2. The Hall–Kier alpha value is -6.68. The van der Waals surface area contributed by atoms with Crippen molar-refractivity contribution in [2.45, 2.75) is 214 Å². The average molecular weight is 1170 g/mol. The number of aliphatic imine (C=N–C) groups is 1. The molecule has 470 valence electrons. The number of hydrogen-bond donors (Lipinski definition) is 16. The van der Waals surface area contributed by atoms with Crippen LogP contribution >= 0.6 is 0 Å². The molecule has 0 fully saturated rings. The summed E-state index contributed by atoms with van der Waals surface area (Å²) >= 11 is 0. The Bertz CT molecular complexity index is 2090. The third kappa shape index (κ3) is 31.5. The number of unbranched alkanes of at least 4 members (excludes halogenated alkanes) is 2. The molecule has 28 nitrogen and oxygen atoms in total. The molecule has 0 aromatic rings. The van der Waals surface area contributed by atoms with Gasteiger partial charge in [0.25, 0.3) is 0 Å². The second kappa shape index (κ2) is 40.5. The molecule has 10 atom stereocenters. The molecular formula is C54H103N17O11. The zero-order valence-electron chi connectivity index (χ0n) is 50.3. The van der Waals surface area contributed by atoms with E-state index in [9.17, 15) is 52.7 Å². The van der Waals surface area contributed by atoms with Crippen LogP contribution in [0.4, 0.5) is 0 Å². The molecule has 11 amide bonds. The number of rotatable bonds is 43. The molecule has 0 aromatic heterocycles. The normalized spacial score (nSPS) is 15.0. The first-order valence-corrected chi connectivity index (χ1v) is 28.9. The van der Waals surface area contributed by atoms with E-state index in [1.807, 2.05) is 41.5 Å². The molecule has 0 radical (unpaired) electrons. The Morgan fingerprint density at radius 3 is 1.09 bits per heavy atom. The van der Waals surface area contributed by atoms with Gasteiger partial charge in [0.05, 0.1) is 13.0 Å². The summed E-state index contributed by atoms with van der Waals surface area (Å²) in [5.41, 5.74) is 39.3. The topological polar surface area (TPSA) is 491 Å². The summed E-state index contributed by atoms with van der Waals surface area (Å²) < 4.78 is 0. The van der Waals surface area contributed by atoms with Crippen molar-refractivity contribution in [3.8, 4) is 0 Å². The zero-order chi connectivity index (χ0) is 62.8. The fraction of sp³-hybridized carbons (Fsp3) is 0.778. The van der Waals surface area contributed by atoms with Gasteiger partial charge in [-0.2, -0.15) is 0 Å². The van der Waals surface area contributed by atoms with Gasteiger partial charge in [-0.3, -0.25) is 57.7 Å². The molecule has 0 rings (SSSR count). The Morgan fingerprint density at radius 2 is 0.720 bits per heavy atom. The summed E-state index contributed by atoms with van der Waals surface area (Å²) in [5, 5.41) is 24.0. The molecular weight excluding hydrogens is 1060 g/mol. The predicted molar refractivity (Wildman–Crippen MR) is 312 cm³/mol. The van der Waals surface area contributed by atoms with Gasteiger partial charge in [-0.05, 0) is 120 Å². The Morgan fingerprint density at radius 1 is 0.390 bits per heavy atom. The van der Waals surface area contributed by atoms with Gasteiger partial charge in [0.2, 0.25) is 65.0 Å². The third-order valence-electron chi connectivity index (χ3n) is 13.2. The lowest BCUT2D eigenvalue weighted by Crippen LogP contribution is -2.61. The molecule has 0 saturated heterocycles. The number of carbonyl (C=O) groups excluding carboxylic acids is 11. The zero-order valence-corrected chi connectivity index (χ0v) is 50.3. The van der Waals surface area contributed by atoms with Crippen LogP contribution < -0.4 is 88.0 Å². The average Bonchev–Trinajstić information content (AvgIpc) is 3.41. The molecule has 0 unspecified atom stereocenters. The first kappa shape index (κ1) is 75.3. The number of nitrogens with one attached hydrogen (secondary N) is 9. The summed E-state index contributed by atoms with van der Waals surface area (Å²) in [7, 11) is 0. The monoisotopic (exact) mass is 1170 g/mol. The van der Waals surface area contributed by atoms with Gasteiger partial charge in [-0.1, -0.05) is 75.7 Å². The largest absolute Gasteiger partial charge is 0.370 e. The highest BCUT2D eigenvalue weighted by Gasteiger charge is 2.37. The summed E-state index contributed by atoms with van der Waals surface area (Å²) in [6.45, 7) is 18.3. The molecule has 28 heteroatoms. The number of hydrogen-bond acceptors (Lipinski definition) is 15. The fourth-order valence-electron chi connectivity index (χ4n) is 8.64. The molecule has 0 aliphatic carbocycles. The van der Waals surface area contributed by atoms with Crippen molar-refractivity contribution in [3.05, 3.63) is 0 Å². The van der Waals surface area contributed by atoms with E-state index >= 15 is 0 Å². The van der Waals surface area contributed by atoms with Gasteiger partial charge in [0.15, 0.2) is 5.96 Å². The van der Waals surface area contributed by atoms with Crippen LogP contribution in [-0.4, -0.2) is 151 Å². The minimum atomic E-state index is -1.64. The minimum absolute atomic E-state index is 0.0184. The highest BCUT2D eigenvalue weighted by molar-refractivity contribution is 5.99. The van der Waals surface area contributed by atoms with Gasteiger partial charge in [0, 0.05) is 6.54 Å². The second-order valence-corrected chi connectivity index (χ2v) is 22.7. The number of nitrogens with two attached hydrogens (primary N) is 7. The molecule has 0 saturated carbocycles. The summed E-state index contributed by atoms with van der Waals surface area (Å²) in [6.07, 6.45) is 2.03. The Balaban J connectivity index is 7.09. The lowest BCUT2D eigenvalue weighted by molar-refractivity contribution is -0.137. The molecule has 0 bridgehead atoms. The standard InChI is InChI=1S/C54H103N17O11/c1-11-33(10)44(53(82)66-35(18-13-15-21-56)47(76)70-41(27-42(58)72)52(81)69-40(26-32(8)9)51(80)67-37(45(59)74)23-29(2)3)71-48(77)36(19-16-22-62-54(60)61)64-46(75)34(17-12-14-20-55)65-50(79)39(25-31(6)7)68-49(78)38(24-30(4)5)63-43(73)28-57/h29-41,44H,11-28,55-57H2,1-10H3,(H2,58,72)(H2,59,74)(H,63,73)(H,64,75)(H,65,79)(H,66,82)(H,67,80)(H,68,78)(H,69,81)(H,70,76)(H,71,77)(H4,60,61,62)/t33-,34-,35-,36-,37-,38-,39-,40-,41-,44-/m0/s1. The molecule has 23 N–H and O–H groups in total. The molecule has 82 heavy (non-hydrogen) atoms. The van der Waals surface area contributed by atoms with E-state index in [4.69, 9.17) is 40.1 Å². The van der Waals surface area contributed by atoms with Crippen LogP contribution in [0.3, 0.4) is 0 Å². The van der Waals surface area contributed by atoms with Gasteiger partial charge >= 0.3 is 0 Å². The van der Waals surface area contributed by atoms with Gasteiger partial charge in [-0.15, -0.1) is 0 Å². The van der Waals surface area contributed by atoms with Crippen molar-refractivity contribution in [1.29, 1.82) is 0 Å². The SMILES string of the molecule is CC[C@H](C)[C@H](NC(=O)[C@H](CCCN=C(N)N)NC(=O)[C@H](CCCCN)NC(=O)[C@H](CC(C)C)NC(=O)[C@H](CC(C)C)NC(=O)CN)C(=O)N[C@@H](CCCCN)C(=O)N[C@@H](CC(N)=O)C(=O)N[C@@H](CC(C)C)C(=O)N[C@@H](CC(C)C)C(N)=O. The van der Waals surface area contributed by atoms with Gasteiger partial charge in [-0.25, -0.2) is 0 Å². The van der Waals surface area contributed by atoms with Crippen molar-refractivity contribution >= 4 is 70.9 Å². The molecule has 0 aromatic carbocycles. The van der Waals surface area contributed by atoms with E-state index in [1.165, 1.54) is 0 Å². The van der Waals surface area contributed by atoms with E-state index in [0.717, 1.165) is 0 Å². The minimum Gasteiger partial charge on any atom is -0.370 e. The summed E-state index contributed by atoms with van der Waals surface area (Å²) in [4.78, 5) is 154. The van der Waals surface area contributed by atoms with Gasteiger partial charge in [0.1, 0.15) is 54.4 Å². The highest BCUT2D eigenvalue weighted by Crippen LogP contribution is 2.15. The van der Waals surface area contributed by atoms with E-state index < -0.39 is 132 Å². The summed E-state index contributed by atoms with van der Waals surface area (Å²) in [5.74, 6) is -9.78. The van der Waals surface area contributed by atoms with E-state index in [0.29, 0.717) is 32.1 Å². The fourth-order valence-corrected chi connectivity index (χ4v) is 8.64. The maximum absolute atomic E-state index is 14.5. The highest BCUT2D eigenvalue weighted by atomic mass is 16.2.